The van der Waals surface area contributed by atoms with Gasteiger partial charge in [-0.3, -0.25) is 10.2 Å². The molecule has 4 nitrogen and oxygen atoms in total. The maximum Gasteiger partial charge on any atom is 0.285 e. The van der Waals surface area contributed by atoms with Crippen molar-refractivity contribution in [2.24, 2.45) is 0 Å². The molecule has 0 radical (unpaired) electrons. The molecular formula is C17H10ClN3OS3. The predicted octanol–water partition coefficient (Wildman–Crippen LogP) is 5.18. The molecule has 0 aliphatic carbocycles. The van der Waals surface area contributed by atoms with Crippen LogP contribution < -0.4 is 5.43 Å². The highest BCUT2D eigenvalue weighted by Crippen LogP contribution is 2.34. The molecule has 8 heteroatoms. The van der Waals surface area contributed by atoms with Crippen molar-refractivity contribution in [1.82, 2.24) is 9.99 Å². The Morgan fingerprint density at radius 1 is 1.16 bits per heavy atom. The Hall–Kier alpha value is -1.93. The molecule has 0 spiro atoms. The van der Waals surface area contributed by atoms with Gasteiger partial charge in [-0.1, -0.05) is 59.0 Å². The quantitative estimate of drug-likeness (QED) is 0.482. The van der Waals surface area contributed by atoms with Crippen molar-refractivity contribution in [2.75, 3.05) is 5.43 Å². The number of benzene rings is 2. The standard InChI is InChI=1S/C17H10ClN3OS3/c18-11-7-5-10(6-8-11)9-14-15(22)21(17(23)25-14)20-16-19-12-3-1-2-4-13(12)24-16/h1-9H,(H,19,20). The number of carbonyl (C=O) groups is 1. The van der Waals surface area contributed by atoms with Crippen LogP contribution in [0.25, 0.3) is 16.3 Å². The molecule has 1 aromatic heterocycles. The average Bonchev–Trinajstić information content (AvgIpc) is 3.13. The van der Waals surface area contributed by atoms with Gasteiger partial charge < -0.3 is 0 Å². The van der Waals surface area contributed by atoms with Crippen LogP contribution in [-0.4, -0.2) is 20.2 Å². The van der Waals surface area contributed by atoms with Gasteiger partial charge in [-0.2, -0.15) is 5.01 Å². The van der Waals surface area contributed by atoms with Crippen LogP contribution in [0.15, 0.2) is 53.4 Å². The number of hydrogen-bond acceptors (Lipinski definition) is 6. The number of anilines is 1. The summed E-state index contributed by atoms with van der Waals surface area (Å²) in [6, 6.07) is 15.1. The maximum atomic E-state index is 12.6. The Morgan fingerprint density at radius 2 is 1.92 bits per heavy atom. The van der Waals surface area contributed by atoms with Crippen molar-refractivity contribution < 1.29 is 4.79 Å². The van der Waals surface area contributed by atoms with E-state index < -0.39 is 0 Å². The average molecular weight is 404 g/mol. The minimum atomic E-state index is -0.191. The Bertz CT molecular complexity index is 980. The van der Waals surface area contributed by atoms with Crippen molar-refractivity contribution in [2.45, 2.75) is 0 Å². The first-order valence-corrected chi connectivity index (χ1v) is 9.68. The SMILES string of the molecule is O=C1C(=Cc2ccc(Cl)cc2)SC(=S)N1Nc1nc2ccccc2s1. The molecule has 0 atom stereocenters. The number of thioether (sulfide) groups is 1. The Kier molecular flexibility index (Phi) is 4.47. The van der Waals surface area contributed by atoms with Crippen molar-refractivity contribution >= 4 is 78.6 Å². The lowest BCUT2D eigenvalue weighted by Crippen LogP contribution is -2.33. The summed E-state index contributed by atoms with van der Waals surface area (Å²) in [4.78, 5) is 17.7. The van der Waals surface area contributed by atoms with E-state index >= 15 is 0 Å². The second-order valence-electron chi connectivity index (χ2n) is 5.17. The van der Waals surface area contributed by atoms with Crippen LogP contribution in [0.1, 0.15) is 5.56 Å². The molecule has 3 aromatic rings. The third kappa shape index (κ3) is 3.41. The number of thiazole rings is 1. The molecule has 1 amide bonds. The molecular weight excluding hydrogens is 394 g/mol. The third-order valence-corrected chi connectivity index (χ3v) is 5.96. The summed E-state index contributed by atoms with van der Waals surface area (Å²) < 4.78 is 1.50. The van der Waals surface area contributed by atoms with E-state index in [-0.39, 0.29) is 5.91 Å². The monoisotopic (exact) mass is 403 g/mol. The minimum Gasteiger partial charge on any atom is -0.266 e. The Balaban J connectivity index is 1.57. The number of aromatic nitrogens is 1. The highest BCUT2D eigenvalue weighted by Gasteiger charge is 2.33. The number of nitrogens with zero attached hydrogens (tertiary/aromatic N) is 2. The highest BCUT2D eigenvalue weighted by molar-refractivity contribution is 8.26. The van der Waals surface area contributed by atoms with Gasteiger partial charge in [-0.05, 0) is 48.1 Å². The fourth-order valence-corrected chi connectivity index (χ4v) is 4.45. The summed E-state index contributed by atoms with van der Waals surface area (Å²) in [5.41, 5.74) is 4.80. The summed E-state index contributed by atoms with van der Waals surface area (Å²) in [6.45, 7) is 0. The summed E-state index contributed by atoms with van der Waals surface area (Å²) in [6.07, 6.45) is 1.80. The van der Waals surface area contributed by atoms with Gasteiger partial charge >= 0.3 is 0 Å². The number of nitrogens with one attached hydrogen (secondary N) is 1. The topological polar surface area (TPSA) is 45.2 Å². The van der Waals surface area contributed by atoms with Crippen LogP contribution in [-0.2, 0) is 4.79 Å². The van der Waals surface area contributed by atoms with Gasteiger partial charge in [-0.25, -0.2) is 4.98 Å². The van der Waals surface area contributed by atoms with Crippen LogP contribution in [0.3, 0.4) is 0 Å². The van der Waals surface area contributed by atoms with Crippen LogP contribution in [0.2, 0.25) is 5.02 Å². The molecule has 1 fully saturated rings. The predicted molar refractivity (Wildman–Crippen MR) is 110 cm³/mol. The van der Waals surface area contributed by atoms with Crippen molar-refractivity contribution in [1.29, 1.82) is 0 Å². The fourth-order valence-electron chi connectivity index (χ4n) is 2.29. The smallest absolute Gasteiger partial charge is 0.266 e. The molecule has 0 saturated carbocycles. The van der Waals surface area contributed by atoms with Gasteiger partial charge in [0.1, 0.15) is 0 Å². The van der Waals surface area contributed by atoms with Gasteiger partial charge in [-0.15, -0.1) is 0 Å². The highest BCUT2D eigenvalue weighted by atomic mass is 35.5. The van der Waals surface area contributed by atoms with Gasteiger partial charge in [0, 0.05) is 5.02 Å². The minimum absolute atomic E-state index is 0.191. The van der Waals surface area contributed by atoms with Crippen molar-refractivity contribution in [3.05, 3.63) is 64.0 Å². The first-order chi connectivity index (χ1) is 12.1. The van der Waals surface area contributed by atoms with E-state index in [0.717, 1.165) is 15.8 Å². The first kappa shape index (κ1) is 16.5. The van der Waals surface area contributed by atoms with E-state index in [1.165, 1.54) is 28.1 Å². The number of amides is 1. The lowest BCUT2D eigenvalue weighted by molar-refractivity contribution is -0.121. The number of para-hydroxylation sites is 1. The maximum absolute atomic E-state index is 12.6. The fraction of sp³-hybridized carbons (Fsp3) is 0. The molecule has 1 aliphatic rings. The van der Waals surface area contributed by atoms with E-state index in [0.29, 0.717) is 19.4 Å². The number of carbonyl (C=O) groups excluding carboxylic acids is 1. The number of hydrogen-bond donors (Lipinski definition) is 1. The molecule has 2 heterocycles. The number of halogens is 1. The molecule has 2 aromatic carbocycles. The number of thiocarbonyl (C=S) groups is 1. The van der Waals surface area contributed by atoms with E-state index in [9.17, 15) is 4.79 Å². The molecule has 4 rings (SSSR count). The molecule has 0 unspecified atom stereocenters. The first-order valence-electron chi connectivity index (χ1n) is 7.26. The molecule has 1 N–H and O–H groups in total. The van der Waals surface area contributed by atoms with Gasteiger partial charge in [0.25, 0.3) is 5.91 Å². The number of fused-ring (bicyclic) bond motifs is 1. The molecule has 1 aliphatic heterocycles. The zero-order valence-electron chi connectivity index (χ0n) is 12.6. The van der Waals surface area contributed by atoms with Crippen LogP contribution in [0.4, 0.5) is 5.13 Å². The second kappa shape index (κ2) is 6.76. The second-order valence-corrected chi connectivity index (χ2v) is 8.31. The van der Waals surface area contributed by atoms with Crippen LogP contribution in [0.5, 0.6) is 0 Å². The zero-order chi connectivity index (χ0) is 17.4. The molecule has 1 saturated heterocycles. The zero-order valence-corrected chi connectivity index (χ0v) is 15.8. The molecule has 0 bridgehead atoms. The van der Waals surface area contributed by atoms with Gasteiger partial charge in [0.15, 0.2) is 4.32 Å². The summed E-state index contributed by atoms with van der Waals surface area (Å²) in [5.74, 6) is -0.191. The van der Waals surface area contributed by atoms with E-state index in [2.05, 4.69) is 10.4 Å². The van der Waals surface area contributed by atoms with E-state index in [1.807, 2.05) is 36.4 Å². The Labute approximate surface area is 162 Å². The van der Waals surface area contributed by atoms with Crippen molar-refractivity contribution in [3.63, 3.8) is 0 Å². The third-order valence-electron chi connectivity index (χ3n) is 3.46. The summed E-state index contributed by atoms with van der Waals surface area (Å²) in [5, 5.41) is 2.65. The van der Waals surface area contributed by atoms with Gasteiger partial charge in [0.05, 0.1) is 15.1 Å². The number of rotatable bonds is 3. The van der Waals surface area contributed by atoms with Crippen LogP contribution in [0, 0.1) is 0 Å². The normalized spacial score (nSPS) is 16.2. The summed E-state index contributed by atoms with van der Waals surface area (Å²) >= 11 is 14.0. The van der Waals surface area contributed by atoms with Crippen molar-refractivity contribution in [3.8, 4) is 0 Å². The van der Waals surface area contributed by atoms with Gasteiger partial charge in [0.2, 0.25) is 5.13 Å². The molecule has 124 valence electrons. The lowest BCUT2D eigenvalue weighted by atomic mass is 10.2. The Morgan fingerprint density at radius 3 is 2.68 bits per heavy atom. The number of hydrazine groups is 1. The van der Waals surface area contributed by atoms with E-state index in [1.54, 1.807) is 18.2 Å². The van der Waals surface area contributed by atoms with E-state index in [4.69, 9.17) is 23.8 Å². The van der Waals surface area contributed by atoms with Crippen LogP contribution >= 0.6 is 46.9 Å². The molecule has 25 heavy (non-hydrogen) atoms. The summed E-state index contributed by atoms with van der Waals surface area (Å²) in [7, 11) is 0. The largest absolute Gasteiger partial charge is 0.285 e. The lowest BCUT2D eigenvalue weighted by Gasteiger charge is -2.14.